The standard InChI is InChI=1S/C10H17F3N2S/c11-10(12,13)16-6-3-14-9-2-5-15-4-1-8(9)7-15/h8-9,14H,1-7H2. The number of alkyl halides is 3. The Hall–Kier alpha value is 0.0600. The molecule has 3 unspecified atom stereocenters. The highest BCUT2D eigenvalue weighted by Gasteiger charge is 2.34. The first-order valence-corrected chi connectivity index (χ1v) is 6.69. The lowest BCUT2D eigenvalue weighted by Crippen LogP contribution is -2.44. The number of rotatable bonds is 4. The van der Waals surface area contributed by atoms with Crippen molar-refractivity contribution in [2.75, 3.05) is 31.9 Å². The molecule has 3 atom stereocenters. The highest BCUT2D eigenvalue weighted by molar-refractivity contribution is 8.00. The summed E-state index contributed by atoms with van der Waals surface area (Å²) in [5, 5.41) is 3.27. The molecule has 0 amide bonds. The van der Waals surface area contributed by atoms with Gasteiger partial charge in [-0.25, -0.2) is 0 Å². The number of piperidine rings is 1. The van der Waals surface area contributed by atoms with Gasteiger partial charge >= 0.3 is 5.51 Å². The molecule has 2 saturated heterocycles. The van der Waals surface area contributed by atoms with Crippen molar-refractivity contribution in [2.24, 2.45) is 5.92 Å². The van der Waals surface area contributed by atoms with Crippen molar-refractivity contribution < 1.29 is 13.2 Å². The van der Waals surface area contributed by atoms with E-state index in [-0.39, 0.29) is 17.5 Å². The Labute approximate surface area is 97.9 Å². The number of halogens is 3. The molecule has 0 aromatic rings. The van der Waals surface area contributed by atoms with Crippen LogP contribution < -0.4 is 5.32 Å². The van der Waals surface area contributed by atoms with Gasteiger partial charge in [0.25, 0.3) is 0 Å². The third kappa shape index (κ3) is 3.53. The number of nitrogens with zero attached hydrogens (tertiary/aromatic N) is 1. The van der Waals surface area contributed by atoms with Crippen LogP contribution in [-0.4, -0.2) is 48.4 Å². The molecule has 2 fully saturated rings. The van der Waals surface area contributed by atoms with Crippen molar-refractivity contribution in [3.05, 3.63) is 0 Å². The maximum atomic E-state index is 11.9. The molecule has 94 valence electrons. The minimum atomic E-state index is -4.08. The van der Waals surface area contributed by atoms with Gasteiger partial charge in [0, 0.05) is 24.9 Å². The van der Waals surface area contributed by atoms with E-state index in [1.807, 2.05) is 0 Å². The molecule has 0 radical (unpaired) electrons. The molecule has 2 aliphatic rings. The number of nitrogens with one attached hydrogen (secondary N) is 1. The molecular weight excluding hydrogens is 237 g/mol. The average molecular weight is 254 g/mol. The zero-order valence-electron chi connectivity index (χ0n) is 9.09. The predicted molar refractivity (Wildman–Crippen MR) is 59.5 cm³/mol. The maximum Gasteiger partial charge on any atom is 0.441 e. The summed E-state index contributed by atoms with van der Waals surface area (Å²) in [6.45, 7) is 3.86. The molecule has 2 rings (SSSR count). The second-order valence-corrected chi connectivity index (χ2v) is 5.65. The van der Waals surface area contributed by atoms with Gasteiger partial charge in [0.2, 0.25) is 0 Å². The van der Waals surface area contributed by atoms with Crippen molar-refractivity contribution >= 4 is 11.8 Å². The summed E-state index contributed by atoms with van der Waals surface area (Å²) in [4.78, 5) is 2.44. The summed E-state index contributed by atoms with van der Waals surface area (Å²) in [5.41, 5.74) is -4.08. The average Bonchev–Trinajstić information content (AvgIpc) is 2.57. The summed E-state index contributed by atoms with van der Waals surface area (Å²) in [5.74, 6) is 0.779. The van der Waals surface area contributed by atoms with Crippen LogP contribution in [0.1, 0.15) is 12.8 Å². The highest BCUT2D eigenvalue weighted by atomic mass is 32.2. The largest absolute Gasteiger partial charge is 0.441 e. The van der Waals surface area contributed by atoms with E-state index in [2.05, 4.69) is 10.2 Å². The molecule has 0 saturated carbocycles. The fourth-order valence-corrected chi connectivity index (χ4v) is 3.08. The SMILES string of the molecule is FC(F)(F)SCCNC1CCN2CCC1C2. The van der Waals surface area contributed by atoms with E-state index in [4.69, 9.17) is 0 Å². The van der Waals surface area contributed by atoms with Gasteiger partial charge in [-0.1, -0.05) is 0 Å². The van der Waals surface area contributed by atoms with Crippen LogP contribution in [0.3, 0.4) is 0 Å². The smallest absolute Gasteiger partial charge is 0.313 e. The van der Waals surface area contributed by atoms with E-state index in [0.29, 0.717) is 18.5 Å². The Morgan fingerprint density at radius 3 is 2.75 bits per heavy atom. The van der Waals surface area contributed by atoms with Gasteiger partial charge in [0.15, 0.2) is 0 Å². The molecular formula is C10H17F3N2S. The second kappa shape index (κ2) is 5.14. The van der Waals surface area contributed by atoms with Crippen LogP contribution in [0.2, 0.25) is 0 Å². The molecule has 0 aromatic carbocycles. The van der Waals surface area contributed by atoms with Gasteiger partial charge in [-0.3, -0.25) is 0 Å². The zero-order valence-corrected chi connectivity index (χ0v) is 9.91. The molecule has 0 aromatic heterocycles. The topological polar surface area (TPSA) is 15.3 Å². The lowest BCUT2D eigenvalue weighted by atomic mass is 9.94. The van der Waals surface area contributed by atoms with E-state index in [1.165, 1.54) is 13.0 Å². The fraction of sp³-hybridized carbons (Fsp3) is 1.00. The van der Waals surface area contributed by atoms with E-state index < -0.39 is 5.51 Å². The van der Waals surface area contributed by atoms with Crippen LogP contribution in [0.15, 0.2) is 0 Å². The van der Waals surface area contributed by atoms with E-state index in [1.54, 1.807) is 0 Å². The number of thioether (sulfide) groups is 1. The van der Waals surface area contributed by atoms with Crippen LogP contribution in [0, 0.1) is 5.92 Å². The second-order valence-electron chi connectivity index (χ2n) is 4.49. The van der Waals surface area contributed by atoms with Crippen LogP contribution in [0.25, 0.3) is 0 Å². The molecule has 2 heterocycles. The van der Waals surface area contributed by atoms with Gasteiger partial charge in [-0.2, -0.15) is 13.2 Å². The van der Waals surface area contributed by atoms with Gasteiger partial charge in [0.05, 0.1) is 0 Å². The normalized spacial score (nSPS) is 34.3. The summed E-state index contributed by atoms with van der Waals surface area (Å²) >= 11 is 0.0685. The molecule has 0 spiro atoms. The third-order valence-corrected chi connectivity index (χ3v) is 4.14. The summed E-state index contributed by atoms with van der Waals surface area (Å²) in [6.07, 6.45) is 2.28. The van der Waals surface area contributed by atoms with Crippen LogP contribution in [-0.2, 0) is 0 Å². The number of hydrogen-bond acceptors (Lipinski definition) is 3. The quantitative estimate of drug-likeness (QED) is 0.772. The fourth-order valence-electron chi connectivity index (χ4n) is 2.63. The Balaban J connectivity index is 1.63. The van der Waals surface area contributed by atoms with Gasteiger partial charge in [0.1, 0.15) is 0 Å². The van der Waals surface area contributed by atoms with Gasteiger partial charge < -0.3 is 10.2 Å². The number of hydrogen-bond donors (Lipinski definition) is 1. The van der Waals surface area contributed by atoms with E-state index in [0.717, 1.165) is 19.5 Å². The van der Waals surface area contributed by atoms with Crippen molar-refractivity contribution in [1.29, 1.82) is 0 Å². The highest BCUT2D eigenvalue weighted by Crippen LogP contribution is 2.30. The Morgan fingerprint density at radius 2 is 2.00 bits per heavy atom. The Bertz CT molecular complexity index is 235. The first kappa shape index (κ1) is 12.5. The third-order valence-electron chi connectivity index (χ3n) is 3.41. The van der Waals surface area contributed by atoms with Gasteiger partial charge in [-0.15, -0.1) is 0 Å². The van der Waals surface area contributed by atoms with E-state index in [9.17, 15) is 13.2 Å². The van der Waals surface area contributed by atoms with Crippen molar-refractivity contribution in [3.63, 3.8) is 0 Å². The minimum Gasteiger partial charge on any atom is -0.313 e. The van der Waals surface area contributed by atoms with Crippen LogP contribution in [0.5, 0.6) is 0 Å². The van der Waals surface area contributed by atoms with Crippen LogP contribution in [0.4, 0.5) is 13.2 Å². The summed E-state index contributed by atoms with van der Waals surface area (Å²) in [7, 11) is 0. The maximum absolute atomic E-state index is 11.9. The minimum absolute atomic E-state index is 0.0685. The molecule has 6 heteroatoms. The first-order chi connectivity index (χ1) is 7.54. The molecule has 2 aliphatic heterocycles. The molecule has 2 bridgehead atoms. The monoisotopic (exact) mass is 254 g/mol. The molecule has 0 aliphatic carbocycles. The van der Waals surface area contributed by atoms with Crippen molar-refractivity contribution in [2.45, 2.75) is 24.4 Å². The van der Waals surface area contributed by atoms with E-state index >= 15 is 0 Å². The summed E-state index contributed by atoms with van der Waals surface area (Å²) in [6, 6.07) is 0.438. The molecule has 1 N–H and O–H groups in total. The lowest BCUT2D eigenvalue weighted by Gasteiger charge is -2.31. The van der Waals surface area contributed by atoms with Crippen molar-refractivity contribution in [1.82, 2.24) is 10.2 Å². The number of fused-ring (bicyclic) bond motifs is 2. The predicted octanol–water partition coefficient (Wildman–Crippen LogP) is 1.92. The molecule has 16 heavy (non-hydrogen) atoms. The van der Waals surface area contributed by atoms with Gasteiger partial charge in [-0.05, 0) is 43.6 Å². The summed E-state index contributed by atoms with van der Waals surface area (Å²) < 4.78 is 35.7. The first-order valence-electron chi connectivity index (χ1n) is 5.71. The Morgan fingerprint density at radius 1 is 1.25 bits per heavy atom. The van der Waals surface area contributed by atoms with Crippen LogP contribution >= 0.6 is 11.8 Å². The lowest BCUT2D eigenvalue weighted by molar-refractivity contribution is -0.0327. The van der Waals surface area contributed by atoms with Crippen molar-refractivity contribution in [3.8, 4) is 0 Å². The molecule has 2 nitrogen and oxygen atoms in total. The Kier molecular flexibility index (Phi) is 4.02. The zero-order chi connectivity index (χ0) is 11.6.